The van der Waals surface area contributed by atoms with E-state index in [9.17, 15) is 5.11 Å². The van der Waals surface area contributed by atoms with E-state index in [0.717, 1.165) is 22.3 Å². The van der Waals surface area contributed by atoms with Gasteiger partial charge in [-0.05, 0) is 26.0 Å². The normalized spacial score (nSPS) is 15.4. The highest BCUT2D eigenvalue weighted by atomic mass is 16.5. The number of fused-ring (bicyclic) bond motifs is 1. The largest absolute Gasteiger partial charge is 0.493 e. The summed E-state index contributed by atoms with van der Waals surface area (Å²) < 4.78 is 13.0. The van der Waals surface area contributed by atoms with Crippen molar-refractivity contribution >= 4 is 11.0 Å². The molecule has 0 aliphatic rings. The Morgan fingerprint density at radius 2 is 2.25 bits per heavy atom. The highest BCUT2D eigenvalue weighted by Gasteiger charge is 2.26. The van der Waals surface area contributed by atoms with E-state index >= 15 is 0 Å². The van der Waals surface area contributed by atoms with Crippen LogP contribution in [0.5, 0.6) is 5.75 Å². The minimum absolute atomic E-state index is 0.0507. The second kappa shape index (κ2) is 6.30. The molecule has 0 amide bonds. The number of rotatable bonds is 6. The summed E-state index contributed by atoms with van der Waals surface area (Å²) in [7, 11) is 3.46. The summed E-state index contributed by atoms with van der Waals surface area (Å²) >= 11 is 0. The average Bonchev–Trinajstić information content (AvgIpc) is 3.18. The summed E-state index contributed by atoms with van der Waals surface area (Å²) in [5, 5.41) is 19.1. The number of ether oxygens (including phenoxy) is 1. The van der Waals surface area contributed by atoms with Gasteiger partial charge in [-0.15, -0.1) is 0 Å². The Hall–Kier alpha value is -2.31. The molecule has 0 unspecified atom stereocenters. The molecule has 0 spiro atoms. The van der Waals surface area contributed by atoms with Gasteiger partial charge in [-0.2, -0.15) is 5.10 Å². The molecule has 2 heterocycles. The molecule has 0 aliphatic carbocycles. The first-order valence-electron chi connectivity index (χ1n) is 7.92. The monoisotopic (exact) mass is 329 g/mol. The van der Waals surface area contributed by atoms with Crippen LogP contribution in [0.4, 0.5) is 0 Å². The van der Waals surface area contributed by atoms with Crippen molar-refractivity contribution in [1.82, 2.24) is 15.1 Å². The van der Waals surface area contributed by atoms with Gasteiger partial charge in [0.25, 0.3) is 0 Å². The summed E-state index contributed by atoms with van der Waals surface area (Å²) in [6.07, 6.45) is 3.50. The van der Waals surface area contributed by atoms with Crippen molar-refractivity contribution in [1.29, 1.82) is 0 Å². The van der Waals surface area contributed by atoms with Crippen LogP contribution in [0.15, 0.2) is 41.1 Å². The second-order valence-electron chi connectivity index (χ2n) is 6.31. The van der Waals surface area contributed by atoms with Crippen molar-refractivity contribution in [2.75, 3.05) is 13.7 Å². The molecule has 3 aromatic rings. The average molecular weight is 329 g/mol. The summed E-state index contributed by atoms with van der Waals surface area (Å²) in [6.45, 7) is 4.16. The zero-order valence-corrected chi connectivity index (χ0v) is 14.4. The van der Waals surface area contributed by atoms with Crippen LogP contribution in [0, 0.1) is 0 Å². The summed E-state index contributed by atoms with van der Waals surface area (Å²) in [4.78, 5) is 0. The van der Waals surface area contributed by atoms with Crippen LogP contribution in [-0.4, -0.2) is 28.5 Å². The lowest BCUT2D eigenvalue weighted by molar-refractivity contribution is 0.0536. The lowest BCUT2D eigenvalue weighted by Crippen LogP contribution is -2.36. The standard InChI is InChI=1S/C18H23N3O3/c1-12(19-11-18(2,22)14-9-20-21(3)10-14)16-8-13-6-5-7-15(23-4)17(13)24-16/h5-10,12,19,22H,11H2,1-4H3/t12-,18+/m0/s1. The Morgan fingerprint density at radius 3 is 2.92 bits per heavy atom. The third kappa shape index (κ3) is 3.16. The molecule has 0 saturated carbocycles. The lowest BCUT2D eigenvalue weighted by atomic mass is 9.99. The summed E-state index contributed by atoms with van der Waals surface area (Å²) in [6, 6.07) is 7.75. The smallest absolute Gasteiger partial charge is 0.176 e. The third-order valence-electron chi connectivity index (χ3n) is 4.25. The maximum atomic E-state index is 10.7. The molecule has 0 radical (unpaired) electrons. The number of aromatic nitrogens is 2. The van der Waals surface area contributed by atoms with Crippen LogP contribution in [0.1, 0.15) is 31.2 Å². The van der Waals surface area contributed by atoms with E-state index in [-0.39, 0.29) is 6.04 Å². The van der Waals surface area contributed by atoms with Crippen LogP contribution < -0.4 is 10.1 Å². The van der Waals surface area contributed by atoms with Crippen LogP contribution in [0.3, 0.4) is 0 Å². The minimum Gasteiger partial charge on any atom is -0.493 e. The molecular weight excluding hydrogens is 306 g/mol. The number of nitrogens with zero attached hydrogens (tertiary/aromatic N) is 2. The van der Waals surface area contributed by atoms with Crippen LogP contribution in [-0.2, 0) is 12.6 Å². The van der Waals surface area contributed by atoms with E-state index in [1.807, 2.05) is 44.4 Å². The SMILES string of the molecule is COc1cccc2cc([C@H](C)NC[C@@](C)(O)c3cnn(C)c3)oc12. The number of furan rings is 1. The number of hydrogen-bond donors (Lipinski definition) is 2. The van der Waals surface area contributed by atoms with Gasteiger partial charge in [0.15, 0.2) is 11.3 Å². The Balaban J connectivity index is 1.74. The molecule has 6 heteroatoms. The molecule has 3 rings (SSSR count). The van der Waals surface area contributed by atoms with E-state index in [2.05, 4.69) is 10.4 Å². The Morgan fingerprint density at radius 1 is 1.46 bits per heavy atom. The van der Waals surface area contributed by atoms with Gasteiger partial charge in [0.1, 0.15) is 11.4 Å². The zero-order chi connectivity index (χ0) is 17.3. The molecule has 0 saturated heterocycles. The van der Waals surface area contributed by atoms with Gasteiger partial charge in [-0.25, -0.2) is 0 Å². The molecule has 1 aromatic carbocycles. The quantitative estimate of drug-likeness (QED) is 0.727. The lowest BCUT2D eigenvalue weighted by Gasteiger charge is -2.24. The van der Waals surface area contributed by atoms with Crippen molar-refractivity contribution < 1.29 is 14.3 Å². The van der Waals surface area contributed by atoms with Crippen LogP contribution >= 0.6 is 0 Å². The fraction of sp³-hybridized carbons (Fsp3) is 0.389. The number of nitrogens with one attached hydrogen (secondary N) is 1. The highest BCUT2D eigenvalue weighted by molar-refractivity contribution is 5.83. The number of methoxy groups -OCH3 is 1. The predicted molar refractivity (Wildman–Crippen MR) is 92.0 cm³/mol. The molecule has 24 heavy (non-hydrogen) atoms. The predicted octanol–water partition coefficient (Wildman–Crippen LogP) is 2.73. The topological polar surface area (TPSA) is 72.4 Å². The van der Waals surface area contributed by atoms with Crippen molar-refractivity contribution in [3.63, 3.8) is 0 Å². The summed E-state index contributed by atoms with van der Waals surface area (Å²) in [5.74, 6) is 1.52. The summed E-state index contributed by atoms with van der Waals surface area (Å²) in [5.41, 5.74) is 0.505. The molecular formula is C18H23N3O3. The number of aliphatic hydroxyl groups is 1. The van der Waals surface area contributed by atoms with E-state index in [1.165, 1.54) is 0 Å². The van der Waals surface area contributed by atoms with Gasteiger partial charge < -0.3 is 19.6 Å². The fourth-order valence-electron chi connectivity index (χ4n) is 2.68. The number of hydrogen-bond acceptors (Lipinski definition) is 5. The van der Waals surface area contributed by atoms with Gasteiger partial charge in [0, 0.05) is 30.7 Å². The Bertz CT molecular complexity index is 835. The maximum Gasteiger partial charge on any atom is 0.176 e. The second-order valence-corrected chi connectivity index (χ2v) is 6.31. The highest BCUT2D eigenvalue weighted by Crippen LogP contribution is 2.31. The molecule has 0 bridgehead atoms. The first-order valence-corrected chi connectivity index (χ1v) is 7.92. The van der Waals surface area contributed by atoms with Gasteiger partial charge in [-0.1, -0.05) is 12.1 Å². The molecule has 2 N–H and O–H groups in total. The van der Waals surface area contributed by atoms with E-state index in [4.69, 9.17) is 9.15 Å². The van der Waals surface area contributed by atoms with Crippen molar-refractivity contribution in [2.45, 2.75) is 25.5 Å². The Labute approximate surface area is 141 Å². The molecule has 6 nitrogen and oxygen atoms in total. The van der Waals surface area contributed by atoms with Gasteiger partial charge in [0.05, 0.1) is 19.3 Å². The number of aryl methyl sites for hydroxylation is 1. The molecule has 2 atom stereocenters. The number of para-hydroxylation sites is 1. The number of benzene rings is 1. The Kier molecular flexibility index (Phi) is 4.34. The molecule has 0 aliphatic heterocycles. The first-order chi connectivity index (χ1) is 11.4. The third-order valence-corrected chi connectivity index (χ3v) is 4.25. The van der Waals surface area contributed by atoms with E-state index in [1.54, 1.807) is 24.9 Å². The van der Waals surface area contributed by atoms with Crippen molar-refractivity contribution in [2.24, 2.45) is 7.05 Å². The van der Waals surface area contributed by atoms with E-state index < -0.39 is 5.60 Å². The van der Waals surface area contributed by atoms with Gasteiger partial charge in [0.2, 0.25) is 0 Å². The van der Waals surface area contributed by atoms with Gasteiger partial charge >= 0.3 is 0 Å². The van der Waals surface area contributed by atoms with Crippen molar-refractivity contribution in [3.05, 3.63) is 48.0 Å². The first kappa shape index (κ1) is 16.5. The maximum absolute atomic E-state index is 10.7. The fourth-order valence-corrected chi connectivity index (χ4v) is 2.68. The van der Waals surface area contributed by atoms with Gasteiger partial charge in [-0.3, -0.25) is 4.68 Å². The minimum atomic E-state index is -1.01. The molecule has 2 aromatic heterocycles. The zero-order valence-electron chi connectivity index (χ0n) is 14.4. The van der Waals surface area contributed by atoms with Crippen molar-refractivity contribution in [3.8, 4) is 5.75 Å². The van der Waals surface area contributed by atoms with Crippen LogP contribution in [0.25, 0.3) is 11.0 Å². The molecule has 128 valence electrons. The molecule has 0 fully saturated rings. The van der Waals surface area contributed by atoms with E-state index in [0.29, 0.717) is 12.3 Å². The van der Waals surface area contributed by atoms with Crippen LogP contribution in [0.2, 0.25) is 0 Å².